The van der Waals surface area contributed by atoms with E-state index in [0.717, 1.165) is 16.9 Å². The monoisotopic (exact) mass is 273 g/mol. The van der Waals surface area contributed by atoms with Gasteiger partial charge in [-0.05, 0) is 44.7 Å². The molecule has 19 heavy (non-hydrogen) atoms. The Hall–Kier alpha value is -1.53. The molecule has 2 aromatic rings. The number of para-hydroxylation sites is 1. The number of benzene rings is 1. The number of fused-ring (bicyclic) bond motifs is 1. The number of rotatable bonds is 3. The van der Waals surface area contributed by atoms with E-state index < -0.39 is 0 Å². The van der Waals surface area contributed by atoms with Crippen LogP contribution in [-0.2, 0) is 11.4 Å². The predicted molar refractivity (Wildman–Crippen MR) is 76.1 cm³/mol. The molecule has 0 radical (unpaired) electrons. The fourth-order valence-electron chi connectivity index (χ4n) is 2.94. The Morgan fingerprint density at radius 2 is 2.21 bits per heavy atom. The lowest BCUT2D eigenvalue weighted by atomic mass is 9.97. The SMILES string of the molecule is CC(C)(C1CC1)n1c(CCl)nc2c(C#N)cccc21. The summed E-state index contributed by atoms with van der Waals surface area (Å²) in [6.45, 7) is 4.47. The number of hydrogen-bond acceptors (Lipinski definition) is 2. The van der Waals surface area contributed by atoms with E-state index in [-0.39, 0.29) is 5.54 Å². The van der Waals surface area contributed by atoms with E-state index in [1.165, 1.54) is 12.8 Å². The molecule has 4 heteroatoms. The molecule has 1 aliphatic rings. The second-order valence-corrected chi connectivity index (χ2v) is 5.98. The summed E-state index contributed by atoms with van der Waals surface area (Å²) in [6, 6.07) is 7.97. The van der Waals surface area contributed by atoms with Gasteiger partial charge in [0.1, 0.15) is 17.4 Å². The lowest BCUT2D eigenvalue weighted by molar-refractivity contribution is 0.306. The van der Waals surface area contributed by atoms with Gasteiger partial charge in [0, 0.05) is 5.54 Å². The summed E-state index contributed by atoms with van der Waals surface area (Å²) in [6.07, 6.45) is 2.51. The normalized spacial score (nSPS) is 15.7. The van der Waals surface area contributed by atoms with Gasteiger partial charge >= 0.3 is 0 Å². The minimum absolute atomic E-state index is 0.00700. The lowest BCUT2D eigenvalue weighted by Gasteiger charge is -2.29. The van der Waals surface area contributed by atoms with Crippen molar-refractivity contribution in [3.05, 3.63) is 29.6 Å². The Morgan fingerprint density at radius 1 is 1.47 bits per heavy atom. The first kappa shape index (κ1) is 12.5. The van der Waals surface area contributed by atoms with Crippen LogP contribution >= 0.6 is 11.6 Å². The van der Waals surface area contributed by atoms with E-state index >= 15 is 0 Å². The second-order valence-electron chi connectivity index (χ2n) is 5.71. The van der Waals surface area contributed by atoms with Gasteiger partial charge in [0.15, 0.2) is 0 Å². The van der Waals surface area contributed by atoms with E-state index in [2.05, 4.69) is 29.5 Å². The van der Waals surface area contributed by atoms with Crippen LogP contribution in [0.1, 0.15) is 38.1 Å². The Bertz CT molecular complexity index is 674. The third-order valence-electron chi connectivity index (χ3n) is 4.15. The summed E-state index contributed by atoms with van der Waals surface area (Å²) in [7, 11) is 0. The zero-order chi connectivity index (χ0) is 13.6. The van der Waals surface area contributed by atoms with E-state index in [9.17, 15) is 5.26 Å². The topological polar surface area (TPSA) is 41.6 Å². The Morgan fingerprint density at radius 3 is 2.79 bits per heavy atom. The highest BCUT2D eigenvalue weighted by Gasteiger charge is 2.41. The predicted octanol–water partition coefficient (Wildman–Crippen LogP) is 3.79. The van der Waals surface area contributed by atoms with Crippen LogP contribution in [0.15, 0.2) is 18.2 Å². The van der Waals surface area contributed by atoms with Gasteiger partial charge in [-0.25, -0.2) is 4.98 Å². The minimum atomic E-state index is 0.00700. The van der Waals surface area contributed by atoms with Crippen molar-refractivity contribution in [1.82, 2.24) is 9.55 Å². The Labute approximate surface area is 117 Å². The molecule has 1 saturated carbocycles. The molecule has 3 nitrogen and oxygen atoms in total. The Balaban J connectivity index is 2.31. The zero-order valence-corrected chi connectivity index (χ0v) is 11.9. The van der Waals surface area contributed by atoms with Crippen molar-refractivity contribution in [3.8, 4) is 6.07 Å². The van der Waals surface area contributed by atoms with Crippen LogP contribution in [0.3, 0.4) is 0 Å². The van der Waals surface area contributed by atoms with E-state index in [4.69, 9.17) is 11.6 Å². The second kappa shape index (κ2) is 4.25. The highest BCUT2D eigenvalue weighted by atomic mass is 35.5. The molecule has 0 saturated heterocycles. The molecule has 0 spiro atoms. The van der Waals surface area contributed by atoms with Crippen LogP contribution < -0.4 is 0 Å². The van der Waals surface area contributed by atoms with E-state index in [0.29, 0.717) is 17.4 Å². The molecule has 0 amide bonds. The number of nitriles is 1. The molecule has 1 aliphatic carbocycles. The fraction of sp³-hybridized carbons (Fsp3) is 0.467. The van der Waals surface area contributed by atoms with Crippen LogP contribution in [-0.4, -0.2) is 9.55 Å². The molecule has 0 bridgehead atoms. The van der Waals surface area contributed by atoms with Crippen LogP contribution in [0.25, 0.3) is 11.0 Å². The highest BCUT2D eigenvalue weighted by molar-refractivity contribution is 6.16. The number of halogens is 1. The van der Waals surface area contributed by atoms with Crippen LogP contribution in [0.2, 0.25) is 0 Å². The van der Waals surface area contributed by atoms with Gasteiger partial charge < -0.3 is 4.57 Å². The van der Waals surface area contributed by atoms with Gasteiger partial charge in [0.2, 0.25) is 0 Å². The van der Waals surface area contributed by atoms with Crippen molar-refractivity contribution in [3.63, 3.8) is 0 Å². The highest BCUT2D eigenvalue weighted by Crippen LogP contribution is 2.45. The molecular weight excluding hydrogens is 258 g/mol. The van der Waals surface area contributed by atoms with Crippen molar-refractivity contribution in [2.24, 2.45) is 5.92 Å². The lowest BCUT2D eigenvalue weighted by Crippen LogP contribution is -2.30. The maximum absolute atomic E-state index is 9.20. The van der Waals surface area contributed by atoms with E-state index in [1.807, 2.05) is 18.2 Å². The summed E-state index contributed by atoms with van der Waals surface area (Å²) in [5, 5.41) is 9.20. The molecular formula is C15H16ClN3. The fourth-order valence-corrected chi connectivity index (χ4v) is 3.12. The maximum Gasteiger partial charge on any atom is 0.125 e. The van der Waals surface area contributed by atoms with Crippen molar-refractivity contribution in [2.45, 2.75) is 38.1 Å². The zero-order valence-electron chi connectivity index (χ0n) is 11.2. The van der Waals surface area contributed by atoms with Gasteiger partial charge in [0.25, 0.3) is 0 Å². The summed E-state index contributed by atoms with van der Waals surface area (Å²) in [5.41, 5.74) is 2.42. The van der Waals surface area contributed by atoms with Crippen LogP contribution in [0.4, 0.5) is 0 Å². The standard InChI is InChI=1S/C15H16ClN3/c1-15(2,11-6-7-11)19-12-5-3-4-10(9-17)14(12)18-13(19)8-16/h3-5,11H,6-8H2,1-2H3. The molecule has 3 rings (SSSR count). The molecule has 0 atom stereocenters. The summed E-state index contributed by atoms with van der Waals surface area (Å²) >= 11 is 6.06. The largest absolute Gasteiger partial charge is 0.321 e. The van der Waals surface area contributed by atoms with Crippen LogP contribution in [0, 0.1) is 17.2 Å². The average Bonchev–Trinajstić information content (AvgIpc) is 3.18. The average molecular weight is 274 g/mol. The number of alkyl halides is 1. The van der Waals surface area contributed by atoms with Gasteiger partial charge in [0.05, 0.1) is 17.0 Å². The first-order valence-electron chi connectivity index (χ1n) is 6.56. The number of imidazole rings is 1. The van der Waals surface area contributed by atoms with Gasteiger partial charge in [-0.15, -0.1) is 11.6 Å². The number of nitrogens with zero attached hydrogens (tertiary/aromatic N) is 3. The summed E-state index contributed by atoms with van der Waals surface area (Å²) < 4.78 is 2.23. The molecule has 0 aliphatic heterocycles. The third-order valence-corrected chi connectivity index (χ3v) is 4.39. The van der Waals surface area contributed by atoms with Crippen molar-refractivity contribution in [2.75, 3.05) is 0 Å². The quantitative estimate of drug-likeness (QED) is 0.799. The molecule has 0 N–H and O–H groups in total. The van der Waals surface area contributed by atoms with Crippen molar-refractivity contribution in [1.29, 1.82) is 5.26 Å². The molecule has 1 heterocycles. The molecule has 98 valence electrons. The van der Waals surface area contributed by atoms with Crippen molar-refractivity contribution < 1.29 is 0 Å². The molecule has 1 aromatic carbocycles. The third kappa shape index (κ3) is 1.82. The number of aromatic nitrogens is 2. The molecule has 0 unspecified atom stereocenters. The van der Waals surface area contributed by atoms with Gasteiger partial charge in [-0.2, -0.15) is 5.26 Å². The minimum Gasteiger partial charge on any atom is -0.321 e. The summed E-state index contributed by atoms with van der Waals surface area (Å²) in [5.74, 6) is 1.91. The summed E-state index contributed by atoms with van der Waals surface area (Å²) in [4.78, 5) is 4.59. The maximum atomic E-state index is 9.20. The molecule has 1 aromatic heterocycles. The molecule has 1 fully saturated rings. The van der Waals surface area contributed by atoms with E-state index in [1.54, 1.807) is 0 Å². The van der Waals surface area contributed by atoms with Crippen LogP contribution in [0.5, 0.6) is 0 Å². The first-order chi connectivity index (χ1) is 9.09. The first-order valence-corrected chi connectivity index (χ1v) is 7.10. The van der Waals surface area contributed by atoms with Gasteiger partial charge in [-0.1, -0.05) is 6.07 Å². The van der Waals surface area contributed by atoms with Gasteiger partial charge in [-0.3, -0.25) is 0 Å². The van der Waals surface area contributed by atoms with Crippen molar-refractivity contribution >= 4 is 22.6 Å². The smallest absolute Gasteiger partial charge is 0.125 e. The number of hydrogen-bond donors (Lipinski definition) is 0. The Kier molecular flexibility index (Phi) is 2.79.